The zero-order chi connectivity index (χ0) is 9.31. The topological polar surface area (TPSA) is 50.4 Å². The second-order valence-corrected chi connectivity index (χ2v) is 4.07. The number of ether oxygens (including phenoxy) is 1. The van der Waals surface area contributed by atoms with Crippen molar-refractivity contribution in [3.05, 3.63) is 0 Å². The quantitative estimate of drug-likeness (QED) is 0.616. The lowest BCUT2D eigenvalue weighted by molar-refractivity contribution is -0.130. The van der Waals surface area contributed by atoms with Gasteiger partial charge >= 0.3 is 0 Å². The van der Waals surface area contributed by atoms with Crippen molar-refractivity contribution in [2.24, 2.45) is 0 Å². The molecule has 0 aromatic rings. The van der Waals surface area contributed by atoms with E-state index in [1.54, 1.807) is 0 Å². The van der Waals surface area contributed by atoms with Crippen molar-refractivity contribution in [3.63, 3.8) is 0 Å². The van der Waals surface area contributed by atoms with Gasteiger partial charge in [0.25, 0.3) is 0 Å². The average molecular weight is 184 g/mol. The van der Waals surface area contributed by atoms with Gasteiger partial charge in [0.15, 0.2) is 0 Å². The first-order valence-electron chi connectivity index (χ1n) is 4.84. The van der Waals surface area contributed by atoms with Crippen LogP contribution in [0.25, 0.3) is 0 Å². The van der Waals surface area contributed by atoms with Gasteiger partial charge in [0.1, 0.15) is 0 Å². The SMILES string of the molecule is CC1(C(=O)NC2COC2)CCCN1. The first kappa shape index (κ1) is 8.97. The van der Waals surface area contributed by atoms with Crippen LogP contribution in [0.2, 0.25) is 0 Å². The van der Waals surface area contributed by atoms with Crippen LogP contribution >= 0.6 is 0 Å². The zero-order valence-electron chi connectivity index (χ0n) is 7.93. The molecule has 1 unspecified atom stereocenters. The number of nitrogens with one attached hydrogen (secondary N) is 2. The Balaban J connectivity index is 1.87. The van der Waals surface area contributed by atoms with E-state index >= 15 is 0 Å². The molecular formula is C9H16N2O2. The fraction of sp³-hybridized carbons (Fsp3) is 0.889. The molecule has 0 aliphatic carbocycles. The van der Waals surface area contributed by atoms with Gasteiger partial charge in [-0.3, -0.25) is 4.79 Å². The summed E-state index contributed by atoms with van der Waals surface area (Å²) in [6.45, 7) is 4.25. The Morgan fingerprint density at radius 3 is 2.85 bits per heavy atom. The molecule has 0 bridgehead atoms. The predicted molar refractivity (Wildman–Crippen MR) is 48.4 cm³/mol. The number of carbonyl (C=O) groups excluding carboxylic acids is 1. The Hall–Kier alpha value is -0.610. The number of rotatable bonds is 2. The Bertz CT molecular complexity index is 208. The second kappa shape index (κ2) is 3.27. The van der Waals surface area contributed by atoms with Crippen molar-refractivity contribution in [3.8, 4) is 0 Å². The Morgan fingerprint density at radius 2 is 2.38 bits per heavy atom. The third kappa shape index (κ3) is 1.69. The van der Waals surface area contributed by atoms with Crippen molar-refractivity contribution < 1.29 is 9.53 Å². The molecule has 0 saturated carbocycles. The lowest BCUT2D eigenvalue weighted by Crippen LogP contribution is -2.58. The fourth-order valence-corrected chi connectivity index (χ4v) is 1.75. The fourth-order valence-electron chi connectivity index (χ4n) is 1.75. The number of carbonyl (C=O) groups is 1. The van der Waals surface area contributed by atoms with Crippen LogP contribution in [0, 0.1) is 0 Å². The van der Waals surface area contributed by atoms with Gasteiger partial charge in [0.05, 0.1) is 24.8 Å². The van der Waals surface area contributed by atoms with Gasteiger partial charge in [-0.25, -0.2) is 0 Å². The van der Waals surface area contributed by atoms with Crippen LogP contribution in [0.15, 0.2) is 0 Å². The van der Waals surface area contributed by atoms with Crippen molar-refractivity contribution in [1.29, 1.82) is 0 Å². The molecule has 0 aromatic heterocycles. The second-order valence-electron chi connectivity index (χ2n) is 4.07. The lowest BCUT2D eigenvalue weighted by Gasteiger charge is -2.31. The lowest BCUT2D eigenvalue weighted by atomic mass is 9.99. The van der Waals surface area contributed by atoms with Crippen molar-refractivity contribution in [2.45, 2.75) is 31.3 Å². The van der Waals surface area contributed by atoms with Gasteiger partial charge in [-0.05, 0) is 26.3 Å². The molecule has 0 aromatic carbocycles. The predicted octanol–water partition coefficient (Wildman–Crippen LogP) is -0.357. The third-order valence-electron chi connectivity index (χ3n) is 2.84. The number of hydrogen-bond acceptors (Lipinski definition) is 3. The van der Waals surface area contributed by atoms with Gasteiger partial charge in [-0.15, -0.1) is 0 Å². The number of amides is 1. The van der Waals surface area contributed by atoms with Gasteiger partial charge in [0.2, 0.25) is 5.91 Å². The molecule has 2 saturated heterocycles. The molecule has 1 atom stereocenters. The molecule has 13 heavy (non-hydrogen) atoms. The molecule has 4 heteroatoms. The van der Waals surface area contributed by atoms with Gasteiger partial charge in [-0.1, -0.05) is 0 Å². The van der Waals surface area contributed by atoms with Gasteiger partial charge in [0, 0.05) is 0 Å². The van der Waals surface area contributed by atoms with E-state index < -0.39 is 0 Å². The summed E-state index contributed by atoms with van der Waals surface area (Å²) in [5.74, 6) is 0.123. The Kier molecular flexibility index (Phi) is 2.26. The third-order valence-corrected chi connectivity index (χ3v) is 2.84. The monoisotopic (exact) mass is 184 g/mol. The van der Waals surface area contributed by atoms with Crippen LogP contribution in [-0.2, 0) is 9.53 Å². The summed E-state index contributed by atoms with van der Waals surface area (Å²) >= 11 is 0. The Morgan fingerprint density at radius 1 is 1.62 bits per heavy atom. The summed E-state index contributed by atoms with van der Waals surface area (Å²) in [5.41, 5.74) is -0.338. The standard InChI is InChI=1S/C9H16N2O2/c1-9(3-2-4-10-9)8(12)11-7-5-13-6-7/h7,10H,2-6H2,1H3,(H,11,12). The van der Waals surface area contributed by atoms with Crippen LogP contribution < -0.4 is 10.6 Å². The minimum atomic E-state index is -0.338. The van der Waals surface area contributed by atoms with E-state index in [0.29, 0.717) is 13.2 Å². The molecule has 2 aliphatic rings. The maximum absolute atomic E-state index is 11.7. The molecule has 0 spiro atoms. The van der Waals surface area contributed by atoms with Crippen LogP contribution in [0.1, 0.15) is 19.8 Å². The summed E-state index contributed by atoms with van der Waals surface area (Å²) in [6, 6.07) is 0.242. The average Bonchev–Trinajstić information content (AvgIpc) is 2.45. The van der Waals surface area contributed by atoms with E-state index in [4.69, 9.17) is 4.74 Å². The van der Waals surface area contributed by atoms with E-state index in [-0.39, 0.29) is 17.5 Å². The van der Waals surface area contributed by atoms with Crippen LogP contribution in [-0.4, -0.2) is 37.2 Å². The van der Waals surface area contributed by atoms with E-state index in [1.165, 1.54) is 0 Å². The zero-order valence-corrected chi connectivity index (χ0v) is 7.93. The summed E-state index contributed by atoms with van der Waals surface area (Å²) in [7, 11) is 0. The van der Waals surface area contributed by atoms with E-state index in [1.807, 2.05) is 6.92 Å². The Labute approximate surface area is 78.0 Å². The van der Waals surface area contributed by atoms with Crippen LogP contribution in [0.4, 0.5) is 0 Å². The van der Waals surface area contributed by atoms with Gasteiger partial charge < -0.3 is 15.4 Å². The maximum Gasteiger partial charge on any atom is 0.240 e. The van der Waals surface area contributed by atoms with Crippen LogP contribution in [0.3, 0.4) is 0 Å². The normalized spacial score (nSPS) is 34.2. The summed E-state index contributed by atoms with van der Waals surface area (Å²) in [6.07, 6.45) is 2.03. The van der Waals surface area contributed by atoms with E-state index in [2.05, 4.69) is 10.6 Å². The minimum absolute atomic E-state index is 0.123. The first-order valence-corrected chi connectivity index (χ1v) is 4.84. The van der Waals surface area contributed by atoms with Crippen molar-refractivity contribution in [2.75, 3.05) is 19.8 Å². The molecule has 74 valence electrons. The molecule has 1 amide bonds. The molecule has 2 rings (SSSR count). The van der Waals surface area contributed by atoms with Crippen LogP contribution in [0.5, 0.6) is 0 Å². The summed E-state index contributed by atoms with van der Waals surface area (Å²) < 4.78 is 5.00. The van der Waals surface area contributed by atoms with Crippen molar-refractivity contribution in [1.82, 2.24) is 10.6 Å². The maximum atomic E-state index is 11.7. The van der Waals surface area contributed by atoms with E-state index in [9.17, 15) is 4.79 Å². The molecule has 0 radical (unpaired) electrons. The molecule has 4 nitrogen and oxygen atoms in total. The first-order chi connectivity index (χ1) is 6.21. The summed E-state index contributed by atoms with van der Waals surface area (Å²) in [5, 5.41) is 6.21. The highest BCUT2D eigenvalue weighted by atomic mass is 16.5. The molecule has 2 heterocycles. The summed E-state index contributed by atoms with van der Waals surface area (Å²) in [4.78, 5) is 11.7. The van der Waals surface area contributed by atoms with Gasteiger partial charge in [-0.2, -0.15) is 0 Å². The smallest absolute Gasteiger partial charge is 0.240 e. The molecule has 2 aliphatic heterocycles. The highest BCUT2D eigenvalue weighted by Crippen LogP contribution is 2.19. The highest BCUT2D eigenvalue weighted by molar-refractivity contribution is 5.86. The largest absolute Gasteiger partial charge is 0.377 e. The molecule has 2 N–H and O–H groups in total. The molecular weight excluding hydrogens is 168 g/mol. The minimum Gasteiger partial charge on any atom is -0.377 e. The molecule has 2 fully saturated rings. The number of hydrogen-bond donors (Lipinski definition) is 2. The van der Waals surface area contributed by atoms with Crippen molar-refractivity contribution >= 4 is 5.91 Å². The van der Waals surface area contributed by atoms with E-state index in [0.717, 1.165) is 19.4 Å². The highest BCUT2D eigenvalue weighted by Gasteiger charge is 2.37.